The molecule has 0 fully saturated rings. The molecule has 1 aromatic heterocycles. The van der Waals surface area contributed by atoms with Gasteiger partial charge in [-0.15, -0.1) is 0 Å². The van der Waals surface area contributed by atoms with Crippen LogP contribution in [0.15, 0.2) is 30.3 Å². The second-order valence-electron chi connectivity index (χ2n) is 5.40. The first-order valence-corrected chi connectivity index (χ1v) is 6.91. The first kappa shape index (κ1) is 14.4. The van der Waals surface area contributed by atoms with Crippen LogP contribution in [0.2, 0.25) is 0 Å². The molecule has 2 rings (SSSR count). The third-order valence-corrected chi connectivity index (χ3v) is 3.88. The molecule has 0 aliphatic rings. The minimum Gasteiger partial charge on any atom is -0.350 e. The van der Waals surface area contributed by atoms with Gasteiger partial charge in [0.1, 0.15) is 0 Å². The highest BCUT2D eigenvalue weighted by atomic mass is 16.1. The van der Waals surface area contributed by atoms with Crippen molar-refractivity contribution in [3.05, 3.63) is 58.4 Å². The average molecular weight is 270 g/mol. The van der Waals surface area contributed by atoms with Crippen molar-refractivity contribution in [3.63, 3.8) is 0 Å². The Hall–Kier alpha value is -2.03. The zero-order valence-electron chi connectivity index (χ0n) is 12.7. The Balaban J connectivity index is 1.92. The molecule has 0 unspecified atom stereocenters. The summed E-state index contributed by atoms with van der Waals surface area (Å²) in [5.41, 5.74) is 5.87. The van der Waals surface area contributed by atoms with Crippen molar-refractivity contribution >= 4 is 5.91 Å². The molecule has 0 aliphatic heterocycles. The van der Waals surface area contributed by atoms with E-state index >= 15 is 0 Å². The molecule has 0 aliphatic carbocycles. The largest absolute Gasteiger partial charge is 0.350 e. The van der Waals surface area contributed by atoms with Gasteiger partial charge in [0.25, 0.3) is 0 Å². The summed E-state index contributed by atoms with van der Waals surface area (Å²) in [7, 11) is 2.01. The summed E-state index contributed by atoms with van der Waals surface area (Å²) < 4.78 is 2.09. The van der Waals surface area contributed by atoms with Crippen molar-refractivity contribution in [2.75, 3.05) is 0 Å². The first-order chi connectivity index (χ1) is 9.47. The van der Waals surface area contributed by atoms with Gasteiger partial charge in [-0.1, -0.05) is 18.2 Å². The number of carbonyl (C=O) groups is 1. The van der Waals surface area contributed by atoms with Crippen LogP contribution in [0.3, 0.4) is 0 Å². The SMILES string of the molecule is Cc1ccc(CC(=O)NCc2ccc(C)n2C)cc1C. The van der Waals surface area contributed by atoms with E-state index in [4.69, 9.17) is 0 Å². The number of nitrogens with one attached hydrogen (secondary N) is 1. The zero-order chi connectivity index (χ0) is 14.7. The molecular weight excluding hydrogens is 248 g/mol. The summed E-state index contributed by atoms with van der Waals surface area (Å²) in [5, 5.41) is 2.98. The lowest BCUT2D eigenvalue weighted by Gasteiger charge is -2.08. The fourth-order valence-corrected chi connectivity index (χ4v) is 2.19. The van der Waals surface area contributed by atoms with Crippen LogP contribution < -0.4 is 5.32 Å². The molecule has 0 radical (unpaired) electrons. The minimum absolute atomic E-state index is 0.0621. The minimum atomic E-state index is 0.0621. The van der Waals surface area contributed by atoms with Gasteiger partial charge < -0.3 is 9.88 Å². The van der Waals surface area contributed by atoms with E-state index in [-0.39, 0.29) is 5.91 Å². The van der Waals surface area contributed by atoms with Crippen molar-refractivity contribution in [1.29, 1.82) is 0 Å². The van der Waals surface area contributed by atoms with Gasteiger partial charge >= 0.3 is 0 Å². The Morgan fingerprint density at radius 3 is 2.45 bits per heavy atom. The highest BCUT2D eigenvalue weighted by Gasteiger charge is 2.06. The maximum Gasteiger partial charge on any atom is 0.224 e. The molecule has 0 saturated heterocycles. The molecule has 1 N–H and O–H groups in total. The van der Waals surface area contributed by atoms with Crippen molar-refractivity contribution < 1.29 is 4.79 Å². The van der Waals surface area contributed by atoms with Gasteiger partial charge in [-0.05, 0) is 49.6 Å². The predicted molar refractivity (Wildman–Crippen MR) is 81.6 cm³/mol. The first-order valence-electron chi connectivity index (χ1n) is 6.91. The van der Waals surface area contributed by atoms with E-state index in [9.17, 15) is 4.79 Å². The van der Waals surface area contributed by atoms with E-state index in [2.05, 4.69) is 48.9 Å². The molecule has 3 nitrogen and oxygen atoms in total. The molecule has 3 heteroatoms. The quantitative estimate of drug-likeness (QED) is 0.910. The summed E-state index contributed by atoms with van der Waals surface area (Å²) in [6, 6.07) is 10.3. The standard InChI is InChI=1S/C17H22N2O/c1-12-5-7-15(9-13(12)2)10-17(20)18-11-16-8-6-14(3)19(16)4/h5-9H,10-11H2,1-4H3,(H,18,20). The van der Waals surface area contributed by atoms with Crippen LogP contribution >= 0.6 is 0 Å². The van der Waals surface area contributed by atoms with Gasteiger partial charge in [-0.3, -0.25) is 4.79 Å². The lowest BCUT2D eigenvalue weighted by molar-refractivity contribution is -0.120. The van der Waals surface area contributed by atoms with Crippen LogP contribution in [-0.4, -0.2) is 10.5 Å². The second-order valence-corrected chi connectivity index (χ2v) is 5.40. The summed E-state index contributed by atoms with van der Waals surface area (Å²) in [5.74, 6) is 0.0621. The Morgan fingerprint density at radius 2 is 1.85 bits per heavy atom. The number of amides is 1. The zero-order valence-corrected chi connectivity index (χ0v) is 12.7. The third kappa shape index (κ3) is 3.29. The Kier molecular flexibility index (Phi) is 4.28. The van der Waals surface area contributed by atoms with Gasteiger partial charge in [0.15, 0.2) is 0 Å². The molecule has 1 amide bonds. The summed E-state index contributed by atoms with van der Waals surface area (Å²) in [4.78, 5) is 12.0. The molecule has 2 aromatic rings. The van der Waals surface area contributed by atoms with Crippen LogP contribution in [0.1, 0.15) is 28.1 Å². The summed E-state index contributed by atoms with van der Waals surface area (Å²) in [6.45, 7) is 6.79. The van der Waals surface area contributed by atoms with E-state index in [1.54, 1.807) is 0 Å². The fourth-order valence-electron chi connectivity index (χ4n) is 2.19. The number of hydrogen-bond donors (Lipinski definition) is 1. The third-order valence-electron chi connectivity index (χ3n) is 3.88. The monoisotopic (exact) mass is 270 g/mol. The molecule has 0 atom stereocenters. The number of aromatic nitrogens is 1. The predicted octanol–water partition coefficient (Wildman–Crippen LogP) is 2.81. The van der Waals surface area contributed by atoms with Crippen LogP contribution in [0, 0.1) is 20.8 Å². The van der Waals surface area contributed by atoms with Crippen molar-refractivity contribution in [2.45, 2.75) is 33.7 Å². The lowest BCUT2D eigenvalue weighted by atomic mass is 10.0. The maximum absolute atomic E-state index is 12.0. The molecular formula is C17H22N2O. The van der Waals surface area contributed by atoms with Crippen LogP contribution in [0.4, 0.5) is 0 Å². The van der Waals surface area contributed by atoms with Crippen molar-refractivity contribution in [2.24, 2.45) is 7.05 Å². The lowest BCUT2D eigenvalue weighted by Crippen LogP contribution is -2.25. The Labute approximate surface area is 120 Å². The molecule has 20 heavy (non-hydrogen) atoms. The van der Waals surface area contributed by atoms with Gasteiger partial charge in [-0.25, -0.2) is 0 Å². The van der Waals surface area contributed by atoms with E-state index in [1.807, 2.05) is 19.2 Å². The van der Waals surface area contributed by atoms with E-state index in [0.29, 0.717) is 13.0 Å². The van der Waals surface area contributed by atoms with Gasteiger partial charge in [0.05, 0.1) is 13.0 Å². The normalized spacial score (nSPS) is 10.6. The van der Waals surface area contributed by atoms with Crippen LogP contribution in [-0.2, 0) is 24.8 Å². The Bertz CT molecular complexity index is 626. The maximum atomic E-state index is 12.0. The number of hydrogen-bond acceptors (Lipinski definition) is 1. The Morgan fingerprint density at radius 1 is 1.10 bits per heavy atom. The highest BCUT2D eigenvalue weighted by molar-refractivity contribution is 5.78. The van der Waals surface area contributed by atoms with Crippen molar-refractivity contribution in [3.8, 4) is 0 Å². The van der Waals surface area contributed by atoms with Crippen LogP contribution in [0.5, 0.6) is 0 Å². The molecule has 1 aromatic carbocycles. The second kappa shape index (κ2) is 5.95. The number of benzene rings is 1. The van der Waals surface area contributed by atoms with Gasteiger partial charge in [0, 0.05) is 18.4 Å². The van der Waals surface area contributed by atoms with E-state index < -0.39 is 0 Å². The molecule has 0 saturated carbocycles. The number of aryl methyl sites for hydroxylation is 3. The molecule has 0 spiro atoms. The fraction of sp³-hybridized carbons (Fsp3) is 0.353. The van der Waals surface area contributed by atoms with E-state index in [1.165, 1.54) is 16.8 Å². The summed E-state index contributed by atoms with van der Waals surface area (Å²) in [6.07, 6.45) is 0.435. The van der Waals surface area contributed by atoms with E-state index in [0.717, 1.165) is 11.3 Å². The smallest absolute Gasteiger partial charge is 0.224 e. The van der Waals surface area contributed by atoms with Gasteiger partial charge in [-0.2, -0.15) is 0 Å². The average Bonchev–Trinajstić information content (AvgIpc) is 2.72. The van der Waals surface area contributed by atoms with Gasteiger partial charge in [0.2, 0.25) is 5.91 Å². The highest BCUT2D eigenvalue weighted by Crippen LogP contribution is 2.10. The number of carbonyl (C=O) groups excluding carboxylic acids is 1. The molecule has 1 heterocycles. The number of nitrogens with zero attached hydrogens (tertiary/aromatic N) is 1. The molecule has 0 bridgehead atoms. The van der Waals surface area contributed by atoms with Crippen LogP contribution in [0.25, 0.3) is 0 Å². The topological polar surface area (TPSA) is 34.0 Å². The summed E-state index contributed by atoms with van der Waals surface area (Å²) >= 11 is 0. The number of rotatable bonds is 4. The van der Waals surface area contributed by atoms with Crippen molar-refractivity contribution in [1.82, 2.24) is 9.88 Å². The molecule has 106 valence electrons.